The van der Waals surface area contributed by atoms with Crippen LogP contribution >= 0.6 is 0 Å². The molecule has 0 bridgehead atoms. The topological polar surface area (TPSA) is 67.5 Å². The molecule has 4 nitrogen and oxygen atoms in total. The first-order chi connectivity index (χ1) is 9.65. The van der Waals surface area contributed by atoms with Gasteiger partial charge in [0.25, 0.3) is 0 Å². The van der Waals surface area contributed by atoms with Crippen molar-refractivity contribution in [3.63, 3.8) is 0 Å². The Morgan fingerprint density at radius 1 is 1.20 bits per heavy atom. The molecule has 1 amide bonds. The number of aryl methyl sites for hydroxylation is 1. The maximum absolute atomic E-state index is 12.0. The van der Waals surface area contributed by atoms with Crippen molar-refractivity contribution < 1.29 is 4.79 Å². The van der Waals surface area contributed by atoms with Crippen LogP contribution in [0, 0.1) is 6.92 Å². The molecule has 0 fully saturated rings. The second-order valence-corrected chi connectivity index (χ2v) is 4.87. The second kappa shape index (κ2) is 4.81. The summed E-state index contributed by atoms with van der Waals surface area (Å²) in [6.07, 6.45) is 1.69. The average molecular weight is 265 g/mol. The van der Waals surface area contributed by atoms with Gasteiger partial charge in [-0.15, -0.1) is 0 Å². The van der Waals surface area contributed by atoms with Crippen LogP contribution in [0.1, 0.15) is 17.0 Å². The number of carbonyl (C=O) groups excluding carboxylic acids is 1. The first-order valence-corrected chi connectivity index (χ1v) is 6.45. The van der Waals surface area contributed by atoms with Crippen molar-refractivity contribution >= 4 is 29.2 Å². The average Bonchev–Trinajstić information content (AvgIpc) is 2.75. The summed E-state index contributed by atoms with van der Waals surface area (Å²) in [5, 5.41) is 2.88. The number of nitrogens with two attached hydrogens (primary N) is 1. The molecular formula is C16H15N3O. The fourth-order valence-corrected chi connectivity index (χ4v) is 2.41. The first kappa shape index (κ1) is 12.4. The van der Waals surface area contributed by atoms with Crippen LogP contribution in [0.5, 0.6) is 0 Å². The molecule has 1 unspecified atom stereocenters. The molecular weight excluding hydrogens is 250 g/mol. The number of nitrogens with one attached hydrogen (secondary N) is 1. The summed E-state index contributed by atoms with van der Waals surface area (Å²) in [5.74, 6) is -0.364. The summed E-state index contributed by atoms with van der Waals surface area (Å²) < 4.78 is 0. The fraction of sp³-hybridized carbons (Fsp3) is 0.125. The molecule has 0 aromatic heterocycles. The van der Waals surface area contributed by atoms with Gasteiger partial charge in [0, 0.05) is 17.6 Å². The SMILES string of the molecule is Cc1cccc2c1C(C=Nc1ccc(N)cc1)C(=O)N2. The third-order valence-electron chi connectivity index (χ3n) is 3.44. The van der Waals surface area contributed by atoms with Crippen LogP contribution < -0.4 is 11.1 Å². The Morgan fingerprint density at radius 2 is 1.95 bits per heavy atom. The number of nitrogen functional groups attached to an aromatic ring is 1. The Hall–Kier alpha value is -2.62. The zero-order valence-electron chi connectivity index (χ0n) is 11.1. The quantitative estimate of drug-likeness (QED) is 0.647. The minimum Gasteiger partial charge on any atom is -0.399 e. The minimum absolute atomic E-state index is 0.0338. The van der Waals surface area contributed by atoms with Crippen molar-refractivity contribution in [2.45, 2.75) is 12.8 Å². The van der Waals surface area contributed by atoms with E-state index in [1.807, 2.05) is 37.3 Å². The van der Waals surface area contributed by atoms with Crippen LogP contribution in [0.4, 0.5) is 17.1 Å². The van der Waals surface area contributed by atoms with E-state index in [1.54, 1.807) is 18.3 Å². The van der Waals surface area contributed by atoms with Gasteiger partial charge in [0.15, 0.2) is 0 Å². The summed E-state index contributed by atoms with van der Waals surface area (Å²) >= 11 is 0. The van der Waals surface area contributed by atoms with Crippen molar-refractivity contribution in [3.8, 4) is 0 Å². The second-order valence-electron chi connectivity index (χ2n) is 4.87. The van der Waals surface area contributed by atoms with E-state index in [9.17, 15) is 4.79 Å². The van der Waals surface area contributed by atoms with Crippen LogP contribution in [0.25, 0.3) is 0 Å². The Labute approximate surface area is 117 Å². The molecule has 3 N–H and O–H groups in total. The van der Waals surface area contributed by atoms with E-state index in [0.717, 1.165) is 22.5 Å². The number of amides is 1. The van der Waals surface area contributed by atoms with Crippen molar-refractivity contribution in [3.05, 3.63) is 53.6 Å². The molecule has 4 heteroatoms. The highest BCUT2D eigenvalue weighted by Crippen LogP contribution is 2.34. The molecule has 3 rings (SSSR count). The molecule has 1 atom stereocenters. The molecule has 1 heterocycles. The lowest BCUT2D eigenvalue weighted by Crippen LogP contribution is -2.13. The van der Waals surface area contributed by atoms with E-state index >= 15 is 0 Å². The third kappa shape index (κ3) is 2.16. The number of nitrogens with zero attached hydrogens (tertiary/aromatic N) is 1. The fourth-order valence-electron chi connectivity index (χ4n) is 2.41. The number of fused-ring (bicyclic) bond motifs is 1. The van der Waals surface area contributed by atoms with Crippen molar-refractivity contribution in [2.24, 2.45) is 4.99 Å². The predicted octanol–water partition coefficient (Wildman–Crippen LogP) is 3.02. The van der Waals surface area contributed by atoms with Crippen molar-refractivity contribution in [1.29, 1.82) is 0 Å². The monoisotopic (exact) mass is 265 g/mol. The van der Waals surface area contributed by atoms with Gasteiger partial charge >= 0.3 is 0 Å². The number of aliphatic imine (C=N–C) groups is 1. The number of benzene rings is 2. The standard InChI is InChI=1S/C16H15N3O/c1-10-3-2-4-14-15(10)13(16(20)19-14)9-18-12-7-5-11(17)6-8-12/h2-9,13H,17H2,1H3,(H,19,20). The maximum Gasteiger partial charge on any atom is 0.237 e. The minimum atomic E-state index is -0.330. The van der Waals surface area contributed by atoms with Crippen LogP contribution in [0.2, 0.25) is 0 Å². The Bertz CT molecular complexity index is 689. The number of anilines is 2. The van der Waals surface area contributed by atoms with Crippen LogP contribution in [-0.4, -0.2) is 12.1 Å². The van der Waals surface area contributed by atoms with Crippen LogP contribution in [-0.2, 0) is 4.79 Å². The highest BCUT2D eigenvalue weighted by molar-refractivity contribution is 6.13. The Kier molecular flexibility index (Phi) is 2.99. The molecule has 0 saturated carbocycles. The molecule has 1 aliphatic rings. The zero-order valence-corrected chi connectivity index (χ0v) is 11.1. The summed E-state index contributed by atoms with van der Waals surface area (Å²) in [5.41, 5.74) is 10.1. The van der Waals surface area contributed by atoms with Gasteiger partial charge in [0.05, 0.1) is 5.69 Å². The zero-order chi connectivity index (χ0) is 14.1. The predicted molar refractivity (Wildman–Crippen MR) is 81.6 cm³/mol. The highest BCUT2D eigenvalue weighted by atomic mass is 16.2. The maximum atomic E-state index is 12.0. The van der Waals surface area contributed by atoms with Gasteiger partial charge in [0.2, 0.25) is 5.91 Å². The molecule has 0 radical (unpaired) electrons. The van der Waals surface area contributed by atoms with Crippen molar-refractivity contribution in [2.75, 3.05) is 11.1 Å². The molecule has 100 valence electrons. The summed E-state index contributed by atoms with van der Waals surface area (Å²) in [7, 11) is 0. The van der Waals surface area contributed by atoms with Gasteiger partial charge in [-0.25, -0.2) is 0 Å². The summed E-state index contributed by atoms with van der Waals surface area (Å²) in [6, 6.07) is 13.1. The van der Waals surface area contributed by atoms with E-state index in [2.05, 4.69) is 10.3 Å². The highest BCUT2D eigenvalue weighted by Gasteiger charge is 2.30. The molecule has 0 aliphatic carbocycles. The van der Waals surface area contributed by atoms with Crippen LogP contribution in [0.15, 0.2) is 47.5 Å². The van der Waals surface area contributed by atoms with Gasteiger partial charge < -0.3 is 11.1 Å². The van der Waals surface area contributed by atoms with E-state index in [-0.39, 0.29) is 11.8 Å². The van der Waals surface area contributed by atoms with E-state index in [4.69, 9.17) is 5.73 Å². The van der Waals surface area contributed by atoms with Gasteiger partial charge in [-0.3, -0.25) is 9.79 Å². The lowest BCUT2D eigenvalue weighted by Gasteiger charge is -2.05. The van der Waals surface area contributed by atoms with Gasteiger partial charge in [-0.1, -0.05) is 12.1 Å². The van der Waals surface area contributed by atoms with Gasteiger partial charge in [-0.05, 0) is 48.4 Å². The smallest absolute Gasteiger partial charge is 0.237 e. The normalized spacial score (nSPS) is 17.2. The number of carbonyl (C=O) groups is 1. The van der Waals surface area contributed by atoms with Gasteiger partial charge in [-0.2, -0.15) is 0 Å². The Balaban J connectivity index is 1.92. The molecule has 0 spiro atoms. The van der Waals surface area contributed by atoms with E-state index < -0.39 is 0 Å². The molecule has 2 aromatic carbocycles. The first-order valence-electron chi connectivity index (χ1n) is 6.45. The summed E-state index contributed by atoms with van der Waals surface area (Å²) in [4.78, 5) is 16.4. The van der Waals surface area contributed by atoms with Crippen molar-refractivity contribution in [1.82, 2.24) is 0 Å². The summed E-state index contributed by atoms with van der Waals surface area (Å²) in [6.45, 7) is 2.00. The van der Waals surface area contributed by atoms with E-state index in [0.29, 0.717) is 5.69 Å². The lowest BCUT2D eigenvalue weighted by atomic mass is 9.97. The van der Waals surface area contributed by atoms with Gasteiger partial charge in [0.1, 0.15) is 5.92 Å². The number of rotatable bonds is 2. The molecule has 20 heavy (non-hydrogen) atoms. The van der Waals surface area contributed by atoms with Crippen LogP contribution in [0.3, 0.4) is 0 Å². The Morgan fingerprint density at radius 3 is 2.70 bits per heavy atom. The third-order valence-corrected chi connectivity index (χ3v) is 3.44. The molecule has 2 aromatic rings. The molecule has 0 saturated heterocycles. The molecule has 1 aliphatic heterocycles. The number of hydrogen-bond donors (Lipinski definition) is 2. The number of hydrogen-bond acceptors (Lipinski definition) is 3. The van der Waals surface area contributed by atoms with E-state index in [1.165, 1.54) is 0 Å². The largest absolute Gasteiger partial charge is 0.399 e. The lowest BCUT2D eigenvalue weighted by molar-refractivity contribution is -0.115.